The maximum absolute atomic E-state index is 12.1. The van der Waals surface area contributed by atoms with Crippen molar-refractivity contribution in [2.75, 3.05) is 17.7 Å². The molecule has 0 saturated heterocycles. The number of amides is 1. The van der Waals surface area contributed by atoms with E-state index < -0.39 is 10.8 Å². The molecule has 0 fully saturated rings. The van der Waals surface area contributed by atoms with Crippen LogP contribution in [0, 0.1) is 10.1 Å². The van der Waals surface area contributed by atoms with Gasteiger partial charge in [-0.1, -0.05) is 11.8 Å². The van der Waals surface area contributed by atoms with Crippen LogP contribution in [-0.4, -0.2) is 33.4 Å². The molecule has 2 heterocycles. The van der Waals surface area contributed by atoms with Crippen molar-refractivity contribution in [3.05, 3.63) is 46.7 Å². The lowest BCUT2D eigenvalue weighted by atomic mass is 10.2. The highest BCUT2D eigenvalue weighted by molar-refractivity contribution is 7.99. The Labute approximate surface area is 157 Å². The van der Waals surface area contributed by atoms with Gasteiger partial charge in [-0.3, -0.25) is 14.9 Å². The predicted molar refractivity (Wildman–Crippen MR) is 95.6 cm³/mol. The number of anilines is 1. The molecule has 0 unspecified atom stereocenters. The Balaban J connectivity index is 1.62. The summed E-state index contributed by atoms with van der Waals surface area (Å²) in [6.07, 6.45) is 1.48. The summed E-state index contributed by atoms with van der Waals surface area (Å²) >= 11 is 1.00. The fourth-order valence-electron chi connectivity index (χ4n) is 2.11. The van der Waals surface area contributed by atoms with E-state index in [1.807, 2.05) is 0 Å². The second-order valence-corrected chi connectivity index (χ2v) is 5.98. The van der Waals surface area contributed by atoms with Crippen LogP contribution < -0.4 is 10.1 Å². The molecule has 0 aliphatic carbocycles. The van der Waals surface area contributed by atoms with Gasteiger partial charge >= 0.3 is 0 Å². The number of nitro groups is 1. The summed E-state index contributed by atoms with van der Waals surface area (Å²) in [5.74, 6) is 0.455. The maximum atomic E-state index is 12.1. The molecular weight excluding hydrogens is 376 g/mol. The van der Waals surface area contributed by atoms with Crippen LogP contribution in [0.3, 0.4) is 0 Å². The number of benzene rings is 1. The topological polar surface area (TPSA) is 134 Å². The summed E-state index contributed by atoms with van der Waals surface area (Å²) in [4.78, 5) is 22.7. The molecule has 1 amide bonds. The minimum absolute atomic E-state index is 0.0653. The van der Waals surface area contributed by atoms with E-state index in [-0.39, 0.29) is 28.2 Å². The predicted octanol–water partition coefficient (Wildman–Crippen LogP) is 3.37. The third kappa shape index (κ3) is 4.64. The van der Waals surface area contributed by atoms with E-state index in [2.05, 4.69) is 15.5 Å². The fourth-order valence-corrected chi connectivity index (χ4v) is 2.67. The number of rotatable bonds is 8. The van der Waals surface area contributed by atoms with Crippen molar-refractivity contribution in [1.29, 1.82) is 0 Å². The van der Waals surface area contributed by atoms with Gasteiger partial charge in [0, 0.05) is 0 Å². The second-order valence-electron chi connectivity index (χ2n) is 5.06. The standard InChI is InChI=1S/C16H14N4O6S/c1-2-24-10-5-6-11(12(8-10)20(22)23)17-14(21)9-27-16-19-18-15(26-16)13-4-3-7-25-13/h3-8H,2,9H2,1H3,(H,17,21). The average molecular weight is 390 g/mol. The normalized spacial score (nSPS) is 10.6. The van der Waals surface area contributed by atoms with Crippen LogP contribution in [0.5, 0.6) is 5.75 Å². The number of hydrogen-bond donors (Lipinski definition) is 1. The lowest BCUT2D eigenvalue weighted by Crippen LogP contribution is -2.15. The molecule has 0 bridgehead atoms. The van der Waals surface area contributed by atoms with E-state index in [1.165, 1.54) is 18.4 Å². The van der Waals surface area contributed by atoms with Gasteiger partial charge in [0.05, 0.1) is 29.6 Å². The third-order valence-electron chi connectivity index (χ3n) is 3.22. The first-order chi connectivity index (χ1) is 13.1. The number of nitro benzene ring substituents is 1. The minimum atomic E-state index is -0.584. The van der Waals surface area contributed by atoms with Crippen molar-refractivity contribution in [3.8, 4) is 17.4 Å². The van der Waals surface area contributed by atoms with Gasteiger partial charge in [0.25, 0.3) is 16.8 Å². The molecule has 10 nitrogen and oxygen atoms in total. The molecule has 27 heavy (non-hydrogen) atoms. The van der Waals surface area contributed by atoms with Gasteiger partial charge in [-0.15, -0.1) is 10.2 Å². The Morgan fingerprint density at radius 2 is 2.22 bits per heavy atom. The number of nitrogens with zero attached hydrogens (tertiary/aromatic N) is 3. The number of thioether (sulfide) groups is 1. The lowest BCUT2D eigenvalue weighted by Gasteiger charge is -2.07. The zero-order valence-corrected chi connectivity index (χ0v) is 14.9. The van der Waals surface area contributed by atoms with Crippen molar-refractivity contribution < 1.29 is 23.3 Å². The van der Waals surface area contributed by atoms with E-state index in [1.54, 1.807) is 25.1 Å². The summed E-state index contributed by atoms with van der Waals surface area (Å²) in [6, 6.07) is 7.59. The lowest BCUT2D eigenvalue weighted by molar-refractivity contribution is -0.384. The fraction of sp³-hybridized carbons (Fsp3) is 0.188. The summed E-state index contributed by atoms with van der Waals surface area (Å²) in [5, 5.41) is 21.5. The molecule has 1 aromatic carbocycles. The molecule has 1 N–H and O–H groups in total. The smallest absolute Gasteiger partial charge is 0.296 e. The quantitative estimate of drug-likeness (QED) is 0.349. The molecule has 2 aromatic heterocycles. The Morgan fingerprint density at radius 1 is 1.37 bits per heavy atom. The summed E-state index contributed by atoms with van der Waals surface area (Å²) in [5.41, 5.74) is -0.173. The van der Waals surface area contributed by atoms with Gasteiger partial charge in [-0.05, 0) is 31.2 Å². The van der Waals surface area contributed by atoms with E-state index in [4.69, 9.17) is 13.6 Å². The number of nitrogens with one attached hydrogen (secondary N) is 1. The number of hydrogen-bond acceptors (Lipinski definition) is 9. The van der Waals surface area contributed by atoms with Crippen LogP contribution >= 0.6 is 11.8 Å². The highest BCUT2D eigenvalue weighted by atomic mass is 32.2. The molecule has 0 spiro atoms. The van der Waals surface area contributed by atoms with Crippen molar-refractivity contribution in [3.63, 3.8) is 0 Å². The number of furan rings is 1. The van der Waals surface area contributed by atoms with Crippen LogP contribution in [0.2, 0.25) is 0 Å². The zero-order valence-electron chi connectivity index (χ0n) is 14.1. The molecule has 3 aromatic rings. The largest absolute Gasteiger partial charge is 0.494 e. The van der Waals surface area contributed by atoms with Crippen molar-refractivity contribution in [2.45, 2.75) is 12.1 Å². The molecular formula is C16H14N4O6S. The molecule has 140 valence electrons. The van der Waals surface area contributed by atoms with Gasteiger partial charge in [0.15, 0.2) is 5.76 Å². The average Bonchev–Trinajstić information content (AvgIpc) is 3.33. The molecule has 0 atom stereocenters. The summed E-state index contributed by atoms with van der Waals surface area (Å²) < 4.78 is 15.8. The van der Waals surface area contributed by atoms with Gasteiger partial charge in [0.1, 0.15) is 11.4 Å². The number of aromatic nitrogens is 2. The highest BCUT2D eigenvalue weighted by Crippen LogP contribution is 2.29. The first-order valence-electron chi connectivity index (χ1n) is 7.78. The molecule has 0 aliphatic heterocycles. The molecule has 11 heteroatoms. The number of ether oxygens (including phenoxy) is 1. The monoisotopic (exact) mass is 390 g/mol. The van der Waals surface area contributed by atoms with Crippen LogP contribution in [0.1, 0.15) is 6.92 Å². The Hall–Kier alpha value is -3.34. The van der Waals surface area contributed by atoms with Gasteiger partial charge in [0.2, 0.25) is 5.91 Å². The first-order valence-corrected chi connectivity index (χ1v) is 8.76. The van der Waals surface area contributed by atoms with Crippen LogP contribution in [-0.2, 0) is 4.79 Å². The molecule has 0 radical (unpaired) electrons. The van der Waals surface area contributed by atoms with Crippen LogP contribution in [0.15, 0.2) is 50.7 Å². The number of carbonyl (C=O) groups is 1. The third-order valence-corrected chi connectivity index (χ3v) is 4.03. The van der Waals surface area contributed by atoms with Gasteiger partial charge in [-0.25, -0.2) is 0 Å². The highest BCUT2D eigenvalue weighted by Gasteiger charge is 2.18. The van der Waals surface area contributed by atoms with Gasteiger partial charge < -0.3 is 18.9 Å². The van der Waals surface area contributed by atoms with Crippen molar-refractivity contribution in [2.24, 2.45) is 0 Å². The Kier molecular flexibility index (Phi) is 5.71. The molecule has 0 saturated carbocycles. The SMILES string of the molecule is CCOc1ccc(NC(=O)CSc2nnc(-c3ccco3)o2)c([N+](=O)[O-])c1. The van der Waals surface area contributed by atoms with E-state index in [9.17, 15) is 14.9 Å². The maximum Gasteiger partial charge on any atom is 0.296 e. The second kappa shape index (κ2) is 8.36. The molecule has 0 aliphatic rings. The number of carbonyl (C=O) groups excluding carboxylic acids is 1. The van der Waals surface area contributed by atoms with E-state index in [0.29, 0.717) is 18.1 Å². The minimum Gasteiger partial charge on any atom is -0.494 e. The van der Waals surface area contributed by atoms with E-state index in [0.717, 1.165) is 11.8 Å². The van der Waals surface area contributed by atoms with Crippen molar-refractivity contribution >= 4 is 29.0 Å². The zero-order chi connectivity index (χ0) is 19.2. The van der Waals surface area contributed by atoms with Crippen LogP contribution in [0.25, 0.3) is 11.7 Å². The van der Waals surface area contributed by atoms with Crippen LogP contribution in [0.4, 0.5) is 11.4 Å². The first kappa shape index (κ1) is 18.5. The summed E-state index contributed by atoms with van der Waals surface area (Å²) in [7, 11) is 0. The molecule has 3 rings (SSSR count). The Morgan fingerprint density at radius 3 is 2.93 bits per heavy atom. The van der Waals surface area contributed by atoms with E-state index >= 15 is 0 Å². The van der Waals surface area contributed by atoms with Crippen molar-refractivity contribution in [1.82, 2.24) is 10.2 Å². The summed E-state index contributed by atoms with van der Waals surface area (Å²) in [6.45, 7) is 2.15. The Bertz CT molecular complexity index is 940. The van der Waals surface area contributed by atoms with Gasteiger partial charge in [-0.2, -0.15) is 0 Å².